The maximum atomic E-state index is 6.09. The Hall–Kier alpha value is 0.200. The van der Waals surface area contributed by atoms with Crippen LogP contribution in [0.15, 0.2) is 18.2 Å². The highest BCUT2D eigenvalue weighted by atomic mass is 127. The first-order valence-corrected chi connectivity index (χ1v) is 5.42. The van der Waals surface area contributed by atoms with Gasteiger partial charge in [0.15, 0.2) is 0 Å². The van der Waals surface area contributed by atoms with Crippen LogP contribution in [0, 0.1) is 3.57 Å². The van der Waals surface area contributed by atoms with Crippen LogP contribution in [0.2, 0.25) is 5.02 Å². The molecule has 1 aliphatic rings. The fourth-order valence-electron chi connectivity index (χ4n) is 1.38. The summed E-state index contributed by atoms with van der Waals surface area (Å²) in [6.07, 6.45) is 1.21. The largest absolute Gasteiger partial charge is 0.310 e. The van der Waals surface area contributed by atoms with Crippen LogP contribution in [0.25, 0.3) is 0 Å². The van der Waals surface area contributed by atoms with Crippen molar-refractivity contribution in [1.29, 1.82) is 0 Å². The fraction of sp³-hybridized carbons (Fsp3) is 0.333. The minimum atomic E-state index is 0.491. The van der Waals surface area contributed by atoms with Crippen LogP contribution < -0.4 is 5.32 Å². The van der Waals surface area contributed by atoms with Gasteiger partial charge in [-0.3, -0.25) is 0 Å². The number of rotatable bonds is 1. The molecule has 1 saturated heterocycles. The Kier molecular flexibility index (Phi) is 2.57. The van der Waals surface area contributed by atoms with Gasteiger partial charge in [-0.25, -0.2) is 0 Å². The van der Waals surface area contributed by atoms with E-state index in [1.165, 1.54) is 15.6 Å². The lowest BCUT2D eigenvalue weighted by atomic mass is 9.98. The molecule has 2 rings (SSSR count). The van der Waals surface area contributed by atoms with Gasteiger partial charge in [0.1, 0.15) is 0 Å². The second-order valence-electron chi connectivity index (χ2n) is 2.93. The average Bonchev–Trinajstić information content (AvgIpc) is 1.93. The minimum Gasteiger partial charge on any atom is -0.310 e. The van der Waals surface area contributed by atoms with Crippen LogP contribution in [0.3, 0.4) is 0 Å². The van der Waals surface area contributed by atoms with E-state index in [-0.39, 0.29) is 0 Å². The predicted molar refractivity (Wildman–Crippen MR) is 59.5 cm³/mol. The molecule has 1 aliphatic heterocycles. The van der Waals surface area contributed by atoms with Gasteiger partial charge in [-0.15, -0.1) is 0 Å². The van der Waals surface area contributed by atoms with Gasteiger partial charge in [0, 0.05) is 20.2 Å². The first-order chi connectivity index (χ1) is 5.79. The van der Waals surface area contributed by atoms with E-state index in [1.54, 1.807) is 0 Å². The van der Waals surface area contributed by atoms with Crippen LogP contribution in [-0.4, -0.2) is 6.54 Å². The molecule has 12 heavy (non-hydrogen) atoms. The minimum absolute atomic E-state index is 0.491. The average molecular weight is 294 g/mol. The molecule has 1 unspecified atom stereocenters. The Balaban J connectivity index is 2.39. The molecule has 1 atom stereocenters. The summed E-state index contributed by atoms with van der Waals surface area (Å²) < 4.78 is 1.26. The van der Waals surface area contributed by atoms with Gasteiger partial charge >= 0.3 is 0 Å². The number of nitrogens with one attached hydrogen (secondary N) is 1. The van der Waals surface area contributed by atoms with E-state index < -0.39 is 0 Å². The standard InChI is InChI=1S/C9H9ClIN/c10-6-2-1-3-7(11)9(6)8-4-5-12-8/h1-3,8,12H,4-5H2. The lowest BCUT2D eigenvalue weighted by Gasteiger charge is -2.29. The fourth-order valence-corrected chi connectivity index (χ4v) is 2.72. The number of hydrogen-bond acceptors (Lipinski definition) is 1. The normalized spacial score (nSPS) is 22.0. The van der Waals surface area contributed by atoms with Crippen molar-refractivity contribution in [2.75, 3.05) is 6.54 Å². The summed E-state index contributed by atoms with van der Waals surface area (Å²) in [5.41, 5.74) is 1.27. The summed E-state index contributed by atoms with van der Waals surface area (Å²) in [6, 6.07) is 6.54. The highest BCUT2D eigenvalue weighted by Gasteiger charge is 2.22. The molecule has 1 heterocycles. The van der Waals surface area contributed by atoms with Gasteiger partial charge in [0.25, 0.3) is 0 Å². The van der Waals surface area contributed by atoms with Crippen molar-refractivity contribution in [2.45, 2.75) is 12.5 Å². The molecule has 0 radical (unpaired) electrons. The quantitative estimate of drug-likeness (QED) is 0.785. The zero-order valence-corrected chi connectivity index (χ0v) is 9.39. The molecule has 0 bridgehead atoms. The molecule has 1 N–H and O–H groups in total. The highest BCUT2D eigenvalue weighted by Crippen LogP contribution is 2.32. The summed E-state index contributed by atoms with van der Waals surface area (Å²) in [7, 11) is 0. The molecule has 1 fully saturated rings. The third-order valence-electron chi connectivity index (χ3n) is 2.17. The van der Waals surface area contributed by atoms with Crippen molar-refractivity contribution < 1.29 is 0 Å². The summed E-state index contributed by atoms with van der Waals surface area (Å²) in [6.45, 7) is 1.12. The number of halogens is 2. The molecule has 1 nitrogen and oxygen atoms in total. The van der Waals surface area contributed by atoms with Crippen LogP contribution in [0.4, 0.5) is 0 Å². The first kappa shape index (κ1) is 8.78. The van der Waals surface area contributed by atoms with Crippen LogP contribution in [0.5, 0.6) is 0 Å². The van der Waals surface area contributed by atoms with E-state index in [0.717, 1.165) is 11.6 Å². The van der Waals surface area contributed by atoms with E-state index >= 15 is 0 Å². The maximum Gasteiger partial charge on any atom is 0.0464 e. The molecule has 0 amide bonds. The van der Waals surface area contributed by atoms with Gasteiger partial charge in [0.05, 0.1) is 0 Å². The monoisotopic (exact) mass is 293 g/mol. The Labute approximate surface area is 90.6 Å². The Morgan fingerprint density at radius 2 is 2.25 bits per heavy atom. The second-order valence-corrected chi connectivity index (χ2v) is 4.50. The smallest absolute Gasteiger partial charge is 0.0464 e. The van der Waals surface area contributed by atoms with Gasteiger partial charge in [-0.1, -0.05) is 17.7 Å². The third kappa shape index (κ3) is 1.47. The SMILES string of the molecule is Clc1cccc(I)c1C1CCN1. The number of hydrogen-bond donors (Lipinski definition) is 1. The molecule has 64 valence electrons. The lowest BCUT2D eigenvalue weighted by Crippen LogP contribution is -2.35. The summed E-state index contributed by atoms with van der Waals surface area (Å²) >= 11 is 8.43. The van der Waals surface area contributed by atoms with E-state index in [4.69, 9.17) is 11.6 Å². The molecular weight excluding hydrogens is 284 g/mol. The Morgan fingerprint density at radius 3 is 2.75 bits per heavy atom. The zero-order chi connectivity index (χ0) is 8.55. The second kappa shape index (κ2) is 3.52. The lowest BCUT2D eigenvalue weighted by molar-refractivity contribution is 0.382. The Bertz CT molecular complexity index is 276. The van der Waals surface area contributed by atoms with E-state index in [0.29, 0.717) is 6.04 Å². The zero-order valence-electron chi connectivity index (χ0n) is 6.48. The van der Waals surface area contributed by atoms with Gasteiger partial charge < -0.3 is 5.32 Å². The van der Waals surface area contributed by atoms with E-state index in [2.05, 4.69) is 34.0 Å². The van der Waals surface area contributed by atoms with E-state index in [1.807, 2.05) is 12.1 Å². The highest BCUT2D eigenvalue weighted by molar-refractivity contribution is 14.1. The van der Waals surface area contributed by atoms with Crippen LogP contribution in [-0.2, 0) is 0 Å². The summed E-state index contributed by atoms with van der Waals surface area (Å²) in [5, 5.41) is 4.24. The van der Waals surface area contributed by atoms with Crippen molar-refractivity contribution in [3.63, 3.8) is 0 Å². The van der Waals surface area contributed by atoms with Crippen molar-refractivity contribution in [2.24, 2.45) is 0 Å². The molecule has 0 aromatic heterocycles. The van der Waals surface area contributed by atoms with Gasteiger partial charge in [-0.2, -0.15) is 0 Å². The first-order valence-electron chi connectivity index (χ1n) is 3.96. The van der Waals surface area contributed by atoms with Crippen molar-refractivity contribution >= 4 is 34.2 Å². The molecule has 0 aliphatic carbocycles. The van der Waals surface area contributed by atoms with Crippen molar-refractivity contribution in [1.82, 2.24) is 5.32 Å². The molecule has 3 heteroatoms. The molecule has 0 saturated carbocycles. The number of benzene rings is 1. The molecule has 0 spiro atoms. The third-order valence-corrected chi connectivity index (χ3v) is 3.44. The van der Waals surface area contributed by atoms with Crippen LogP contribution in [0.1, 0.15) is 18.0 Å². The van der Waals surface area contributed by atoms with E-state index in [9.17, 15) is 0 Å². The molecule has 1 aromatic carbocycles. The maximum absolute atomic E-state index is 6.09. The molecular formula is C9H9ClIN. The summed E-state index contributed by atoms with van der Waals surface area (Å²) in [4.78, 5) is 0. The van der Waals surface area contributed by atoms with Gasteiger partial charge in [0.2, 0.25) is 0 Å². The van der Waals surface area contributed by atoms with Gasteiger partial charge in [-0.05, 0) is 47.7 Å². The molecule has 1 aromatic rings. The topological polar surface area (TPSA) is 12.0 Å². The van der Waals surface area contributed by atoms with Crippen molar-refractivity contribution in [3.05, 3.63) is 32.4 Å². The Morgan fingerprint density at radius 1 is 1.50 bits per heavy atom. The van der Waals surface area contributed by atoms with Crippen molar-refractivity contribution in [3.8, 4) is 0 Å². The van der Waals surface area contributed by atoms with Crippen LogP contribution >= 0.6 is 34.2 Å². The predicted octanol–water partition coefficient (Wildman–Crippen LogP) is 2.98. The summed E-state index contributed by atoms with van der Waals surface area (Å²) in [5.74, 6) is 0.